The second-order valence-electron chi connectivity index (χ2n) is 13.3. The molecule has 0 fully saturated rings. The van der Waals surface area contributed by atoms with E-state index in [0.717, 1.165) is 38.5 Å². The zero-order chi connectivity index (χ0) is 33.1. The summed E-state index contributed by atoms with van der Waals surface area (Å²) in [4.78, 5) is 35.9. The van der Waals surface area contributed by atoms with Crippen molar-refractivity contribution < 1.29 is 34.2 Å². The molecule has 258 valence electrons. The van der Waals surface area contributed by atoms with Crippen LogP contribution in [-0.4, -0.2) is 58.8 Å². The molecule has 0 heterocycles. The molecular formula is C37H69NO6. The third-order valence-electron chi connectivity index (χ3n) is 9.48. The minimum atomic E-state index is -1.14. The van der Waals surface area contributed by atoms with Crippen LogP contribution in [0, 0.1) is 17.8 Å². The average Bonchev–Trinajstić information content (AvgIpc) is 2.99. The van der Waals surface area contributed by atoms with Gasteiger partial charge in [-0.2, -0.15) is 0 Å². The molecule has 0 aromatic heterocycles. The molecule has 0 aliphatic rings. The first kappa shape index (κ1) is 42.1. The van der Waals surface area contributed by atoms with Crippen molar-refractivity contribution in [3.05, 3.63) is 12.2 Å². The summed E-state index contributed by atoms with van der Waals surface area (Å²) in [6.07, 6.45) is 28.4. The van der Waals surface area contributed by atoms with E-state index in [-0.39, 0.29) is 24.1 Å². The van der Waals surface area contributed by atoms with Gasteiger partial charge in [-0.3, -0.25) is 9.59 Å². The standard InChI is InChI=1S/C37H69NO6/c1-5-9-10-11-12-13-14-15-16-17-18-19-20-21-22-23-24-25-26-27-28-38(29-32(6-2)35(39)40,30-33(7-3)36(41)42)31-34(8-4)37(43)44/h20-21,32-34H,5-19,22-31H2,1-4H3,(H2-,39,40,41,42,43,44)/b21-20+. The van der Waals surface area contributed by atoms with Gasteiger partial charge >= 0.3 is 11.9 Å². The molecular weight excluding hydrogens is 554 g/mol. The molecule has 0 saturated heterocycles. The van der Waals surface area contributed by atoms with Crippen molar-refractivity contribution in [1.29, 1.82) is 0 Å². The fourth-order valence-corrected chi connectivity index (χ4v) is 6.44. The number of rotatable bonds is 32. The molecule has 0 rings (SSSR count). The second-order valence-corrected chi connectivity index (χ2v) is 13.3. The Kier molecular flexibility index (Phi) is 26.2. The molecule has 7 heteroatoms. The van der Waals surface area contributed by atoms with Crippen LogP contribution in [0.5, 0.6) is 0 Å². The van der Waals surface area contributed by atoms with Gasteiger partial charge in [-0.25, -0.2) is 0 Å². The van der Waals surface area contributed by atoms with Crippen LogP contribution >= 0.6 is 0 Å². The number of carbonyl (C=O) groups excluding carboxylic acids is 1. The highest BCUT2D eigenvalue weighted by molar-refractivity contribution is 5.70. The summed E-state index contributed by atoms with van der Waals surface area (Å²) in [5.41, 5.74) is 0. The Bertz CT molecular complexity index is 707. The second kappa shape index (κ2) is 27.4. The third-order valence-corrected chi connectivity index (χ3v) is 9.48. The SMILES string of the molecule is CCCCCCCCCCCCC/C=C/CCCCCCC[N+](CC(CC)C(=O)[O-])(CC(CC)C(=O)O)CC(CC)C(=O)O. The summed E-state index contributed by atoms with van der Waals surface area (Å²) in [6, 6.07) is 0. The van der Waals surface area contributed by atoms with Gasteiger partial charge in [-0.05, 0) is 57.8 Å². The highest BCUT2D eigenvalue weighted by atomic mass is 16.4. The topological polar surface area (TPSA) is 115 Å². The fourth-order valence-electron chi connectivity index (χ4n) is 6.44. The van der Waals surface area contributed by atoms with Crippen molar-refractivity contribution in [3.8, 4) is 0 Å². The van der Waals surface area contributed by atoms with Crippen LogP contribution in [0.15, 0.2) is 12.2 Å². The number of allylic oxidation sites excluding steroid dienone is 2. The van der Waals surface area contributed by atoms with E-state index in [1.54, 1.807) is 6.92 Å². The first-order chi connectivity index (χ1) is 21.2. The van der Waals surface area contributed by atoms with Crippen molar-refractivity contribution in [2.75, 3.05) is 26.2 Å². The molecule has 3 atom stereocenters. The normalized spacial score (nSPS) is 15.2. The molecule has 0 aromatic carbocycles. The largest absolute Gasteiger partial charge is 0.550 e. The summed E-state index contributed by atoms with van der Waals surface area (Å²) < 4.78 is 0.212. The number of nitrogens with zero attached hydrogens (tertiary/aromatic N) is 1. The van der Waals surface area contributed by atoms with Gasteiger partial charge in [0.05, 0.1) is 32.1 Å². The van der Waals surface area contributed by atoms with Gasteiger partial charge in [0, 0.05) is 5.92 Å². The lowest BCUT2D eigenvalue weighted by Crippen LogP contribution is -2.59. The lowest BCUT2D eigenvalue weighted by molar-refractivity contribution is -0.935. The van der Waals surface area contributed by atoms with Crippen molar-refractivity contribution in [1.82, 2.24) is 0 Å². The molecule has 2 N–H and O–H groups in total. The molecule has 0 saturated carbocycles. The van der Waals surface area contributed by atoms with Crippen LogP contribution in [-0.2, 0) is 14.4 Å². The van der Waals surface area contributed by atoms with E-state index >= 15 is 0 Å². The molecule has 44 heavy (non-hydrogen) atoms. The predicted octanol–water partition coefficient (Wildman–Crippen LogP) is 8.40. The minimum Gasteiger partial charge on any atom is -0.550 e. The Labute approximate surface area is 270 Å². The Morgan fingerprint density at radius 1 is 0.545 bits per heavy atom. The minimum absolute atomic E-state index is 0.212. The molecule has 0 aliphatic heterocycles. The fraction of sp³-hybridized carbons (Fsp3) is 0.865. The highest BCUT2D eigenvalue weighted by Crippen LogP contribution is 2.25. The zero-order valence-electron chi connectivity index (χ0n) is 29.0. The van der Waals surface area contributed by atoms with Crippen molar-refractivity contribution >= 4 is 17.9 Å². The van der Waals surface area contributed by atoms with Crippen LogP contribution in [0.1, 0.15) is 163 Å². The average molecular weight is 624 g/mol. The van der Waals surface area contributed by atoms with Crippen LogP contribution < -0.4 is 5.11 Å². The maximum Gasteiger partial charge on any atom is 0.312 e. The third kappa shape index (κ3) is 21.0. The molecule has 0 aliphatic carbocycles. The monoisotopic (exact) mass is 624 g/mol. The number of hydrogen-bond acceptors (Lipinski definition) is 4. The first-order valence-corrected chi connectivity index (χ1v) is 18.3. The number of unbranched alkanes of at least 4 members (excludes halogenated alkanes) is 16. The number of aliphatic carboxylic acids is 3. The van der Waals surface area contributed by atoms with Crippen LogP contribution in [0.4, 0.5) is 0 Å². The predicted molar refractivity (Wildman–Crippen MR) is 179 cm³/mol. The van der Waals surface area contributed by atoms with Crippen LogP contribution in [0.2, 0.25) is 0 Å². The highest BCUT2D eigenvalue weighted by Gasteiger charge is 2.39. The summed E-state index contributed by atoms with van der Waals surface area (Å²) in [6.45, 7) is 9.03. The molecule has 7 nitrogen and oxygen atoms in total. The summed E-state index contributed by atoms with van der Waals surface area (Å²) >= 11 is 0. The smallest absolute Gasteiger partial charge is 0.312 e. The van der Waals surface area contributed by atoms with E-state index in [1.807, 2.05) is 13.8 Å². The lowest BCUT2D eigenvalue weighted by Gasteiger charge is -2.44. The molecule has 0 radical (unpaired) electrons. The van der Waals surface area contributed by atoms with Gasteiger partial charge in [0.2, 0.25) is 0 Å². The van der Waals surface area contributed by atoms with E-state index in [1.165, 1.54) is 77.0 Å². The van der Waals surface area contributed by atoms with E-state index in [0.29, 0.717) is 25.8 Å². The van der Waals surface area contributed by atoms with E-state index < -0.39 is 35.7 Å². The summed E-state index contributed by atoms with van der Waals surface area (Å²) in [5, 5.41) is 31.5. The number of carboxylic acid groups (broad SMARTS) is 3. The van der Waals surface area contributed by atoms with Gasteiger partial charge in [-0.15, -0.1) is 0 Å². The van der Waals surface area contributed by atoms with Gasteiger partial charge in [0.1, 0.15) is 11.8 Å². The summed E-state index contributed by atoms with van der Waals surface area (Å²) in [5.74, 6) is -4.97. The van der Waals surface area contributed by atoms with E-state index in [4.69, 9.17) is 0 Å². The first-order valence-electron chi connectivity index (χ1n) is 18.3. The maximum absolute atomic E-state index is 12.0. The van der Waals surface area contributed by atoms with Crippen molar-refractivity contribution in [3.63, 3.8) is 0 Å². The molecule has 0 aromatic rings. The number of hydrogen-bond donors (Lipinski definition) is 2. The van der Waals surface area contributed by atoms with E-state index in [2.05, 4.69) is 19.1 Å². The van der Waals surface area contributed by atoms with Gasteiger partial charge in [-0.1, -0.05) is 117 Å². The Morgan fingerprint density at radius 3 is 1.23 bits per heavy atom. The molecule has 0 bridgehead atoms. The van der Waals surface area contributed by atoms with Gasteiger partial charge in [0.25, 0.3) is 0 Å². The Hall–Kier alpha value is -1.89. The Balaban J connectivity index is 4.60. The van der Waals surface area contributed by atoms with Crippen LogP contribution in [0.3, 0.4) is 0 Å². The molecule has 3 unspecified atom stereocenters. The Morgan fingerprint density at radius 2 is 0.886 bits per heavy atom. The number of quaternary nitrogens is 1. The van der Waals surface area contributed by atoms with E-state index in [9.17, 15) is 29.7 Å². The summed E-state index contributed by atoms with van der Waals surface area (Å²) in [7, 11) is 0. The van der Waals surface area contributed by atoms with Gasteiger partial charge in [0.15, 0.2) is 0 Å². The maximum atomic E-state index is 12.0. The van der Waals surface area contributed by atoms with Crippen molar-refractivity contribution in [2.45, 2.75) is 163 Å². The molecule has 0 amide bonds. The zero-order valence-corrected chi connectivity index (χ0v) is 29.0. The molecule has 0 spiro atoms. The quantitative estimate of drug-likeness (QED) is 0.0442. The number of carboxylic acids is 3. The van der Waals surface area contributed by atoms with Crippen molar-refractivity contribution in [2.24, 2.45) is 17.8 Å². The van der Waals surface area contributed by atoms with Crippen LogP contribution in [0.25, 0.3) is 0 Å². The number of carbonyl (C=O) groups is 3. The van der Waals surface area contributed by atoms with Gasteiger partial charge < -0.3 is 24.6 Å². The lowest BCUT2D eigenvalue weighted by atomic mass is 9.95.